The molecule has 3 rings (SSSR count). The molecule has 0 aliphatic heterocycles. The van der Waals surface area contributed by atoms with Crippen molar-refractivity contribution in [1.29, 1.82) is 5.26 Å². The van der Waals surface area contributed by atoms with Crippen LogP contribution in [0, 0.1) is 11.3 Å². The number of halogens is 1. The number of methoxy groups -OCH3 is 1. The lowest BCUT2D eigenvalue weighted by Gasteiger charge is -2.10. The highest BCUT2D eigenvalue weighted by atomic mass is 35.5. The van der Waals surface area contributed by atoms with Crippen LogP contribution in [0.25, 0.3) is 16.8 Å². The van der Waals surface area contributed by atoms with E-state index in [0.29, 0.717) is 10.7 Å². The molecule has 0 amide bonds. The molecule has 3 aromatic rings. The zero-order valence-corrected chi connectivity index (χ0v) is 14.1. The Hall–Kier alpha value is -3.23. The molecule has 25 heavy (non-hydrogen) atoms. The van der Waals surface area contributed by atoms with Gasteiger partial charge in [0.15, 0.2) is 5.69 Å². The third-order valence-electron chi connectivity index (χ3n) is 3.85. The van der Waals surface area contributed by atoms with E-state index in [0.717, 1.165) is 11.1 Å². The number of nitrogens with two attached hydrogens (primary N) is 1. The van der Waals surface area contributed by atoms with Crippen LogP contribution in [0.2, 0.25) is 5.02 Å². The van der Waals surface area contributed by atoms with Crippen molar-refractivity contribution in [3.8, 4) is 22.9 Å². The average Bonchev–Trinajstić information content (AvgIpc) is 2.98. The summed E-state index contributed by atoms with van der Waals surface area (Å²) in [5, 5.41) is 9.87. The van der Waals surface area contributed by atoms with Gasteiger partial charge in [0.05, 0.1) is 18.4 Å². The number of anilines is 1. The molecule has 0 atom stereocenters. The van der Waals surface area contributed by atoms with E-state index in [1.807, 2.05) is 54.6 Å². The maximum atomic E-state index is 12.1. The Labute approximate surface area is 149 Å². The van der Waals surface area contributed by atoms with Crippen molar-refractivity contribution in [2.45, 2.75) is 0 Å². The second-order valence-corrected chi connectivity index (χ2v) is 5.77. The van der Waals surface area contributed by atoms with Gasteiger partial charge in [0.2, 0.25) is 0 Å². The molecule has 0 fully saturated rings. The Morgan fingerprint density at radius 2 is 1.92 bits per heavy atom. The summed E-state index contributed by atoms with van der Waals surface area (Å²) in [5.41, 5.74) is 9.00. The minimum atomic E-state index is -0.601. The van der Waals surface area contributed by atoms with Crippen LogP contribution in [0.1, 0.15) is 16.1 Å². The Kier molecular flexibility index (Phi) is 4.46. The number of benzene rings is 2. The molecule has 0 aliphatic rings. The lowest BCUT2D eigenvalue weighted by molar-refractivity contribution is 0.0593. The smallest absolute Gasteiger partial charge is 0.357 e. The summed E-state index contributed by atoms with van der Waals surface area (Å²) in [6.07, 6.45) is 1.53. The summed E-state index contributed by atoms with van der Waals surface area (Å²) < 4.78 is 6.37. The van der Waals surface area contributed by atoms with Crippen molar-refractivity contribution < 1.29 is 9.53 Å². The molecule has 0 saturated heterocycles. The highest BCUT2D eigenvalue weighted by Crippen LogP contribution is 2.28. The first kappa shape index (κ1) is 16.6. The summed E-state index contributed by atoms with van der Waals surface area (Å²) in [6.45, 7) is 0. The summed E-state index contributed by atoms with van der Waals surface area (Å²) in [7, 11) is 1.27. The number of carbonyl (C=O) groups is 1. The second-order valence-electron chi connectivity index (χ2n) is 5.34. The fourth-order valence-corrected chi connectivity index (χ4v) is 2.72. The standard InChI is InChI=1S/C19H14ClN3O2/c1-25-19(24)18-17(22)14(10-21)11-23(18)16-4-2-3-13(9-16)12-5-7-15(20)8-6-12/h2-9,11H,22H2,1H3. The number of hydrogen-bond acceptors (Lipinski definition) is 4. The molecular weight excluding hydrogens is 338 g/mol. The van der Waals surface area contributed by atoms with E-state index in [-0.39, 0.29) is 16.9 Å². The molecule has 0 saturated carbocycles. The SMILES string of the molecule is COC(=O)c1c(N)c(C#N)cn1-c1cccc(-c2ccc(Cl)cc2)c1. The van der Waals surface area contributed by atoms with Crippen molar-refractivity contribution in [3.63, 3.8) is 0 Å². The monoisotopic (exact) mass is 351 g/mol. The molecule has 1 heterocycles. The van der Waals surface area contributed by atoms with Gasteiger partial charge in [0, 0.05) is 16.9 Å². The van der Waals surface area contributed by atoms with Gasteiger partial charge in [0.1, 0.15) is 6.07 Å². The van der Waals surface area contributed by atoms with E-state index in [1.165, 1.54) is 13.3 Å². The Morgan fingerprint density at radius 1 is 1.20 bits per heavy atom. The molecule has 0 unspecified atom stereocenters. The molecule has 1 aromatic heterocycles. The number of hydrogen-bond donors (Lipinski definition) is 1. The molecule has 0 radical (unpaired) electrons. The minimum absolute atomic E-state index is 0.103. The predicted molar refractivity (Wildman–Crippen MR) is 96.7 cm³/mol. The van der Waals surface area contributed by atoms with Crippen LogP contribution in [0.4, 0.5) is 5.69 Å². The number of carbonyl (C=O) groups excluding carboxylic acids is 1. The van der Waals surface area contributed by atoms with E-state index in [9.17, 15) is 10.1 Å². The highest BCUT2D eigenvalue weighted by Gasteiger charge is 2.21. The van der Waals surface area contributed by atoms with Crippen LogP contribution in [0.3, 0.4) is 0 Å². The summed E-state index contributed by atoms with van der Waals surface area (Å²) in [6, 6.07) is 17.0. The zero-order valence-electron chi connectivity index (χ0n) is 13.4. The number of aromatic nitrogens is 1. The number of nitriles is 1. The Balaban J connectivity index is 2.15. The van der Waals surface area contributed by atoms with E-state index in [2.05, 4.69) is 0 Å². The highest BCUT2D eigenvalue weighted by molar-refractivity contribution is 6.30. The van der Waals surface area contributed by atoms with Gasteiger partial charge < -0.3 is 15.0 Å². The normalized spacial score (nSPS) is 10.3. The lowest BCUT2D eigenvalue weighted by Crippen LogP contribution is -2.11. The Morgan fingerprint density at radius 3 is 2.56 bits per heavy atom. The van der Waals surface area contributed by atoms with Gasteiger partial charge in [-0.3, -0.25) is 0 Å². The maximum absolute atomic E-state index is 12.1. The lowest BCUT2D eigenvalue weighted by atomic mass is 10.1. The fraction of sp³-hybridized carbons (Fsp3) is 0.0526. The second kappa shape index (κ2) is 6.71. The molecule has 2 aromatic carbocycles. The van der Waals surface area contributed by atoms with Crippen LogP contribution in [-0.2, 0) is 4.74 Å². The van der Waals surface area contributed by atoms with Crippen molar-refractivity contribution in [1.82, 2.24) is 4.57 Å². The largest absolute Gasteiger partial charge is 0.464 e. The van der Waals surface area contributed by atoms with Crippen LogP contribution in [-0.4, -0.2) is 17.6 Å². The number of nitrogen functional groups attached to an aromatic ring is 1. The van der Waals surface area contributed by atoms with Gasteiger partial charge in [-0.2, -0.15) is 5.26 Å². The molecular formula is C19H14ClN3O2. The number of nitrogens with zero attached hydrogens (tertiary/aromatic N) is 2. The van der Waals surface area contributed by atoms with Crippen LogP contribution in [0.15, 0.2) is 54.7 Å². The van der Waals surface area contributed by atoms with Crippen LogP contribution in [0.5, 0.6) is 0 Å². The third kappa shape index (κ3) is 3.08. The first-order chi connectivity index (χ1) is 12.0. The number of esters is 1. The molecule has 5 nitrogen and oxygen atoms in total. The van der Waals surface area contributed by atoms with Gasteiger partial charge >= 0.3 is 5.97 Å². The maximum Gasteiger partial charge on any atom is 0.357 e. The van der Waals surface area contributed by atoms with Gasteiger partial charge in [-0.05, 0) is 35.4 Å². The van der Waals surface area contributed by atoms with Crippen LogP contribution < -0.4 is 5.73 Å². The Bertz CT molecular complexity index is 985. The van der Waals surface area contributed by atoms with Gasteiger partial charge in [-0.15, -0.1) is 0 Å². The third-order valence-corrected chi connectivity index (χ3v) is 4.10. The molecule has 0 bridgehead atoms. The average molecular weight is 352 g/mol. The van der Waals surface area contributed by atoms with Gasteiger partial charge in [-0.1, -0.05) is 35.9 Å². The van der Waals surface area contributed by atoms with E-state index in [1.54, 1.807) is 4.57 Å². The van der Waals surface area contributed by atoms with Crippen molar-refractivity contribution in [3.05, 3.63) is 71.0 Å². The number of ether oxygens (including phenoxy) is 1. The van der Waals surface area contributed by atoms with E-state index >= 15 is 0 Å². The van der Waals surface area contributed by atoms with E-state index < -0.39 is 5.97 Å². The molecule has 0 spiro atoms. The van der Waals surface area contributed by atoms with Crippen LogP contribution >= 0.6 is 11.6 Å². The topological polar surface area (TPSA) is 81.0 Å². The van der Waals surface area contributed by atoms with E-state index in [4.69, 9.17) is 22.1 Å². The van der Waals surface area contributed by atoms with Crippen molar-refractivity contribution in [2.75, 3.05) is 12.8 Å². The first-order valence-corrected chi connectivity index (χ1v) is 7.78. The van der Waals surface area contributed by atoms with Gasteiger partial charge in [-0.25, -0.2) is 4.79 Å². The minimum Gasteiger partial charge on any atom is -0.464 e. The summed E-state index contributed by atoms with van der Waals surface area (Å²) in [5.74, 6) is -0.601. The quantitative estimate of drug-likeness (QED) is 0.722. The number of rotatable bonds is 3. The van der Waals surface area contributed by atoms with Crippen molar-refractivity contribution >= 4 is 23.3 Å². The van der Waals surface area contributed by atoms with Crippen molar-refractivity contribution in [2.24, 2.45) is 0 Å². The molecule has 6 heteroatoms. The first-order valence-electron chi connectivity index (χ1n) is 7.40. The predicted octanol–water partition coefficient (Wildman–Crippen LogP) is 4.04. The zero-order chi connectivity index (χ0) is 18.0. The summed E-state index contributed by atoms with van der Waals surface area (Å²) >= 11 is 5.93. The summed E-state index contributed by atoms with van der Waals surface area (Å²) in [4.78, 5) is 12.1. The molecule has 124 valence electrons. The fourth-order valence-electron chi connectivity index (χ4n) is 2.60. The molecule has 0 aliphatic carbocycles. The van der Waals surface area contributed by atoms with Gasteiger partial charge in [0.25, 0.3) is 0 Å². The molecule has 2 N–H and O–H groups in total.